The Balaban J connectivity index is 2.67. The van der Waals surface area contributed by atoms with Crippen molar-refractivity contribution >= 4 is 11.6 Å². The van der Waals surface area contributed by atoms with Crippen molar-refractivity contribution in [3.8, 4) is 0 Å². The first kappa shape index (κ1) is 14.5. The second kappa shape index (κ2) is 4.97. The van der Waals surface area contributed by atoms with Gasteiger partial charge in [0.15, 0.2) is 0 Å². The summed E-state index contributed by atoms with van der Waals surface area (Å²) in [5.41, 5.74) is 4.57. The van der Waals surface area contributed by atoms with Crippen LogP contribution in [-0.2, 0) is 11.0 Å². The van der Waals surface area contributed by atoms with E-state index in [0.29, 0.717) is 5.69 Å². The minimum absolute atomic E-state index is 0.0913. The van der Waals surface area contributed by atoms with Gasteiger partial charge in [-0.1, -0.05) is 0 Å². The Bertz CT molecular complexity index is 418. The molecule has 1 amide bonds. The van der Waals surface area contributed by atoms with Crippen LogP contribution in [0.15, 0.2) is 24.3 Å². The summed E-state index contributed by atoms with van der Waals surface area (Å²) in [5, 5.41) is 2.49. The normalized spacial score (nSPS) is 12.3. The molecule has 1 aromatic carbocycles. The Morgan fingerprint density at radius 2 is 1.72 bits per heavy atom. The SMILES string of the molecule is CC(C)(N)CC(=O)Nc1ccc(C(F)(F)F)cc1. The average Bonchev–Trinajstić information content (AvgIpc) is 2.13. The maximum Gasteiger partial charge on any atom is 0.416 e. The van der Waals surface area contributed by atoms with Crippen molar-refractivity contribution < 1.29 is 18.0 Å². The first-order valence-corrected chi connectivity index (χ1v) is 5.34. The molecular formula is C12H15F3N2O. The lowest BCUT2D eigenvalue weighted by atomic mass is 10.0. The summed E-state index contributed by atoms with van der Waals surface area (Å²) >= 11 is 0. The number of amides is 1. The fraction of sp³-hybridized carbons (Fsp3) is 0.417. The molecule has 0 saturated heterocycles. The first-order valence-electron chi connectivity index (χ1n) is 5.34. The predicted molar refractivity (Wildman–Crippen MR) is 63.0 cm³/mol. The van der Waals surface area contributed by atoms with Gasteiger partial charge in [-0.2, -0.15) is 13.2 Å². The van der Waals surface area contributed by atoms with Crippen LogP contribution < -0.4 is 11.1 Å². The van der Waals surface area contributed by atoms with E-state index in [4.69, 9.17) is 5.73 Å². The Morgan fingerprint density at radius 3 is 2.11 bits per heavy atom. The number of benzene rings is 1. The molecule has 0 saturated carbocycles. The van der Waals surface area contributed by atoms with Crippen LogP contribution in [-0.4, -0.2) is 11.4 Å². The number of carbonyl (C=O) groups is 1. The molecule has 0 atom stereocenters. The number of hydrogen-bond acceptors (Lipinski definition) is 2. The molecule has 100 valence electrons. The van der Waals surface area contributed by atoms with E-state index in [1.165, 1.54) is 12.1 Å². The van der Waals surface area contributed by atoms with Gasteiger partial charge >= 0.3 is 6.18 Å². The summed E-state index contributed by atoms with van der Waals surface area (Å²) in [7, 11) is 0. The van der Waals surface area contributed by atoms with Crippen molar-refractivity contribution in [2.75, 3.05) is 5.32 Å². The van der Waals surface area contributed by atoms with Crippen LogP contribution in [0.5, 0.6) is 0 Å². The third-order valence-corrected chi connectivity index (χ3v) is 2.11. The van der Waals surface area contributed by atoms with Gasteiger partial charge in [0.1, 0.15) is 0 Å². The fourth-order valence-electron chi connectivity index (χ4n) is 1.36. The molecule has 0 bridgehead atoms. The molecule has 1 aromatic rings. The largest absolute Gasteiger partial charge is 0.416 e. The van der Waals surface area contributed by atoms with Gasteiger partial charge < -0.3 is 11.1 Å². The molecule has 0 aromatic heterocycles. The topological polar surface area (TPSA) is 55.1 Å². The summed E-state index contributed by atoms with van der Waals surface area (Å²) in [6.45, 7) is 3.39. The number of rotatable bonds is 3. The van der Waals surface area contributed by atoms with Crippen LogP contribution in [0.25, 0.3) is 0 Å². The third kappa shape index (κ3) is 4.75. The van der Waals surface area contributed by atoms with E-state index in [1.54, 1.807) is 13.8 Å². The van der Waals surface area contributed by atoms with E-state index >= 15 is 0 Å². The highest BCUT2D eigenvalue weighted by Gasteiger charge is 2.30. The zero-order chi connectivity index (χ0) is 14.0. The monoisotopic (exact) mass is 260 g/mol. The molecule has 0 aliphatic heterocycles. The first-order chi connectivity index (χ1) is 8.08. The molecule has 18 heavy (non-hydrogen) atoms. The summed E-state index contributed by atoms with van der Waals surface area (Å²) in [5.74, 6) is -0.331. The van der Waals surface area contributed by atoms with Gasteiger partial charge in [0.05, 0.1) is 5.56 Å². The standard InChI is InChI=1S/C12H15F3N2O/c1-11(2,16)7-10(18)17-9-5-3-8(4-6-9)12(13,14)15/h3-6H,7,16H2,1-2H3,(H,17,18). The van der Waals surface area contributed by atoms with Gasteiger partial charge in [-0.05, 0) is 38.1 Å². The zero-order valence-corrected chi connectivity index (χ0v) is 10.1. The number of carbonyl (C=O) groups excluding carboxylic acids is 1. The maximum absolute atomic E-state index is 12.3. The van der Waals surface area contributed by atoms with Crippen molar-refractivity contribution in [1.82, 2.24) is 0 Å². The lowest BCUT2D eigenvalue weighted by Gasteiger charge is -2.17. The summed E-state index contributed by atoms with van der Waals surface area (Å²) in [6, 6.07) is 4.26. The molecule has 3 nitrogen and oxygen atoms in total. The summed E-state index contributed by atoms with van der Waals surface area (Å²) in [4.78, 5) is 11.5. The van der Waals surface area contributed by atoms with Gasteiger partial charge in [0.25, 0.3) is 0 Å². The lowest BCUT2D eigenvalue weighted by Crippen LogP contribution is -2.36. The molecule has 0 heterocycles. The van der Waals surface area contributed by atoms with Gasteiger partial charge in [-0.3, -0.25) is 4.79 Å². The number of nitrogens with one attached hydrogen (secondary N) is 1. The Hall–Kier alpha value is -1.56. The Morgan fingerprint density at radius 1 is 1.22 bits per heavy atom. The molecule has 0 unspecified atom stereocenters. The van der Waals surface area contributed by atoms with Crippen LogP contribution >= 0.6 is 0 Å². The zero-order valence-electron chi connectivity index (χ0n) is 10.1. The van der Waals surface area contributed by atoms with E-state index in [1.807, 2.05) is 0 Å². The highest BCUT2D eigenvalue weighted by atomic mass is 19.4. The smallest absolute Gasteiger partial charge is 0.326 e. The van der Waals surface area contributed by atoms with Crippen molar-refractivity contribution in [2.45, 2.75) is 32.0 Å². The third-order valence-electron chi connectivity index (χ3n) is 2.11. The summed E-state index contributed by atoms with van der Waals surface area (Å²) in [6.07, 6.45) is -4.28. The van der Waals surface area contributed by atoms with E-state index in [0.717, 1.165) is 12.1 Å². The number of hydrogen-bond donors (Lipinski definition) is 2. The minimum atomic E-state index is -4.37. The van der Waals surface area contributed by atoms with E-state index in [2.05, 4.69) is 5.32 Å². The minimum Gasteiger partial charge on any atom is -0.326 e. The molecule has 0 aliphatic rings. The highest BCUT2D eigenvalue weighted by molar-refractivity contribution is 5.91. The van der Waals surface area contributed by atoms with Gasteiger partial charge in [-0.15, -0.1) is 0 Å². The predicted octanol–water partition coefficient (Wildman–Crippen LogP) is 2.77. The quantitative estimate of drug-likeness (QED) is 0.878. The van der Waals surface area contributed by atoms with Crippen molar-refractivity contribution in [3.63, 3.8) is 0 Å². The van der Waals surface area contributed by atoms with Gasteiger partial charge in [0, 0.05) is 17.6 Å². The van der Waals surface area contributed by atoms with Crippen LogP contribution in [0.4, 0.5) is 18.9 Å². The molecule has 0 aliphatic carbocycles. The van der Waals surface area contributed by atoms with E-state index < -0.39 is 17.3 Å². The number of halogens is 3. The molecular weight excluding hydrogens is 245 g/mol. The number of alkyl halides is 3. The van der Waals surface area contributed by atoms with Gasteiger partial charge in [-0.25, -0.2) is 0 Å². The maximum atomic E-state index is 12.3. The average molecular weight is 260 g/mol. The Kier molecular flexibility index (Phi) is 4.01. The summed E-state index contributed by atoms with van der Waals surface area (Å²) < 4.78 is 36.9. The molecule has 1 rings (SSSR count). The van der Waals surface area contributed by atoms with E-state index in [-0.39, 0.29) is 12.3 Å². The second-order valence-corrected chi connectivity index (χ2v) is 4.79. The van der Waals surface area contributed by atoms with Crippen LogP contribution in [0.1, 0.15) is 25.8 Å². The van der Waals surface area contributed by atoms with E-state index in [9.17, 15) is 18.0 Å². The number of nitrogens with two attached hydrogens (primary N) is 1. The Labute approximate surface area is 103 Å². The van der Waals surface area contributed by atoms with Crippen LogP contribution in [0.2, 0.25) is 0 Å². The highest BCUT2D eigenvalue weighted by Crippen LogP contribution is 2.29. The lowest BCUT2D eigenvalue weighted by molar-refractivity contribution is -0.137. The molecule has 0 radical (unpaired) electrons. The second-order valence-electron chi connectivity index (χ2n) is 4.79. The van der Waals surface area contributed by atoms with Crippen LogP contribution in [0, 0.1) is 0 Å². The molecule has 0 spiro atoms. The molecule has 3 N–H and O–H groups in total. The fourth-order valence-corrected chi connectivity index (χ4v) is 1.36. The van der Waals surface area contributed by atoms with Crippen molar-refractivity contribution in [3.05, 3.63) is 29.8 Å². The van der Waals surface area contributed by atoms with Gasteiger partial charge in [0.2, 0.25) is 5.91 Å². The molecule has 6 heteroatoms. The van der Waals surface area contributed by atoms with Crippen LogP contribution in [0.3, 0.4) is 0 Å². The van der Waals surface area contributed by atoms with Crippen molar-refractivity contribution in [1.29, 1.82) is 0 Å². The molecule has 0 fully saturated rings. The van der Waals surface area contributed by atoms with Crippen molar-refractivity contribution in [2.24, 2.45) is 5.73 Å². The number of anilines is 1.